The van der Waals surface area contributed by atoms with Gasteiger partial charge in [-0.15, -0.1) is 0 Å². The van der Waals surface area contributed by atoms with Crippen molar-refractivity contribution in [1.29, 1.82) is 0 Å². The molecule has 5 rings (SSSR count). The zero-order valence-electron chi connectivity index (χ0n) is 17.9. The molecule has 0 unspecified atom stereocenters. The normalized spacial score (nSPS) is 11.9. The van der Waals surface area contributed by atoms with E-state index in [1.54, 1.807) is 14.2 Å². The number of aliphatic imine (C=N–C) groups is 2. The number of methoxy groups -OCH3 is 2. The molecule has 4 aromatic carbocycles. The minimum atomic E-state index is 0.812. The van der Waals surface area contributed by atoms with Crippen molar-refractivity contribution in [3.63, 3.8) is 0 Å². The van der Waals surface area contributed by atoms with E-state index in [1.165, 1.54) is 0 Å². The Kier molecular flexibility index (Phi) is 5.26. The van der Waals surface area contributed by atoms with Gasteiger partial charge in [0.05, 0.1) is 37.0 Å². The second-order valence-corrected chi connectivity index (χ2v) is 7.41. The maximum atomic E-state index is 5.28. The van der Waals surface area contributed by atoms with E-state index >= 15 is 0 Å². The van der Waals surface area contributed by atoms with Crippen molar-refractivity contribution in [2.75, 3.05) is 14.2 Å². The van der Waals surface area contributed by atoms with E-state index in [4.69, 9.17) is 19.5 Å². The monoisotopic (exact) mass is 418 g/mol. The molecule has 4 aromatic rings. The summed E-state index contributed by atoms with van der Waals surface area (Å²) in [5, 5.41) is 0. The van der Waals surface area contributed by atoms with Crippen LogP contribution in [0.1, 0.15) is 22.3 Å². The minimum Gasteiger partial charge on any atom is -0.497 e. The third-order valence-corrected chi connectivity index (χ3v) is 5.50. The largest absolute Gasteiger partial charge is 0.497 e. The molecule has 1 aliphatic rings. The number of benzene rings is 4. The van der Waals surface area contributed by atoms with E-state index in [1.807, 2.05) is 72.8 Å². The fourth-order valence-electron chi connectivity index (χ4n) is 3.90. The molecule has 4 heteroatoms. The van der Waals surface area contributed by atoms with Gasteiger partial charge in [-0.25, -0.2) is 9.98 Å². The topological polar surface area (TPSA) is 43.2 Å². The van der Waals surface area contributed by atoms with Crippen LogP contribution in [0.3, 0.4) is 0 Å². The molecule has 0 saturated heterocycles. The lowest BCUT2D eigenvalue weighted by atomic mass is 9.83. The predicted molar refractivity (Wildman–Crippen MR) is 129 cm³/mol. The predicted octanol–water partition coefficient (Wildman–Crippen LogP) is 6.36. The van der Waals surface area contributed by atoms with Crippen LogP contribution in [-0.2, 0) is 0 Å². The minimum absolute atomic E-state index is 0.812. The van der Waals surface area contributed by atoms with E-state index in [0.717, 1.165) is 56.6 Å². The SMILES string of the molecule is COc1ccc(N=C2c3ccccc3C(=Nc3ccc(OC)cc3)c3ccccc32)cc1. The summed E-state index contributed by atoms with van der Waals surface area (Å²) in [6.07, 6.45) is 0. The molecule has 0 atom stereocenters. The highest BCUT2D eigenvalue weighted by molar-refractivity contribution is 6.32. The molecule has 0 amide bonds. The van der Waals surface area contributed by atoms with Crippen molar-refractivity contribution in [1.82, 2.24) is 0 Å². The van der Waals surface area contributed by atoms with E-state index in [-0.39, 0.29) is 0 Å². The zero-order valence-corrected chi connectivity index (χ0v) is 17.9. The lowest BCUT2D eigenvalue weighted by Crippen LogP contribution is -2.22. The Morgan fingerprint density at radius 3 is 1.03 bits per heavy atom. The van der Waals surface area contributed by atoms with Gasteiger partial charge < -0.3 is 9.47 Å². The van der Waals surface area contributed by atoms with Crippen molar-refractivity contribution in [3.05, 3.63) is 119 Å². The van der Waals surface area contributed by atoms with Crippen LogP contribution in [0.25, 0.3) is 0 Å². The number of nitrogens with zero attached hydrogens (tertiary/aromatic N) is 2. The van der Waals surface area contributed by atoms with Crippen LogP contribution in [0, 0.1) is 0 Å². The van der Waals surface area contributed by atoms with Crippen LogP contribution in [-0.4, -0.2) is 25.6 Å². The molecule has 0 spiro atoms. The van der Waals surface area contributed by atoms with Gasteiger partial charge in [0.2, 0.25) is 0 Å². The first-order valence-corrected chi connectivity index (χ1v) is 10.4. The number of fused-ring (bicyclic) bond motifs is 2. The summed E-state index contributed by atoms with van der Waals surface area (Å²) in [5.41, 5.74) is 7.89. The van der Waals surface area contributed by atoms with E-state index in [0.29, 0.717) is 0 Å². The Morgan fingerprint density at radius 1 is 0.438 bits per heavy atom. The summed E-state index contributed by atoms with van der Waals surface area (Å²) in [5.74, 6) is 1.62. The van der Waals surface area contributed by atoms with Gasteiger partial charge in [-0.1, -0.05) is 48.5 Å². The zero-order chi connectivity index (χ0) is 21.9. The molecule has 0 N–H and O–H groups in total. The molecule has 1 aliphatic carbocycles. The Morgan fingerprint density at radius 2 is 0.750 bits per heavy atom. The summed E-state index contributed by atoms with van der Waals surface area (Å²) in [7, 11) is 3.33. The summed E-state index contributed by atoms with van der Waals surface area (Å²) in [6, 6.07) is 32.2. The lowest BCUT2D eigenvalue weighted by molar-refractivity contribution is 0.415. The Bertz CT molecular complexity index is 1170. The van der Waals surface area contributed by atoms with Crippen LogP contribution < -0.4 is 9.47 Å². The molecule has 0 bridgehead atoms. The Hall–Kier alpha value is -4.18. The molecule has 0 radical (unpaired) electrons. The second-order valence-electron chi connectivity index (χ2n) is 7.41. The van der Waals surface area contributed by atoms with E-state index in [2.05, 4.69) is 24.3 Å². The third-order valence-electron chi connectivity index (χ3n) is 5.50. The molecule has 32 heavy (non-hydrogen) atoms. The highest BCUT2D eigenvalue weighted by Gasteiger charge is 2.26. The quantitative estimate of drug-likeness (QED) is 0.341. The molecule has 0 saturated carbocycles. The van der Waals surface area contributed by atoms with E-state index in [9.17, 15) is 0 Å². The number of ether oxygens (including phenoxy) is 2. The lowest BCUT2D eigenvalue weighted by Gasteiger charge is -2.23. The summed E-state index contributed by atoms with van der Waals surface area (Å²) in [6.45, 7) is 0. The van der Waals surface area contributed by atoms with Gasteiger partial charge in [-0.3, -0.25) is 0 Å². The maximum Gasteiger partial charge on any atom is 0.119 e. The van der Waals surface area contributed by atoms with Gasteiger partial charge in [0.25, 0.3) is 0 Å². The first-order valence-electron chi connectivity index (χ1n) is 10.4. The summed E-state index contributed by atoms with van der Waals surface area (Å²) >= 11 is 0. The maximum absolute atomic E-state index is 5.28. The van der Waals surface area contributed by atoms with Crippen molar-refractivity contribution in [2.24, 2.45) is 9.98 Å². The van der Waals surface area contributed by atoms with Gasteiger partial charge in [0, 0.05) is 22.3 Å². The number of rotatable bonds is 4. The summed E-state index contributed by atoms with van der Waals surface area (Å²) in [4.78, 5) is 10.1. The van der Waals surface area contributed by atoms with Crippen LogP contribution in [0.4, 0.5) is 11.4 Å². The van der Waals surface area contributed by atoms with Gasteiger partial charge in [-0.2, -0.15) is 0 Å². The van der Waals surface area contributed by atoms with Gasteiger partial charge in [0.15, 0.2) is 0 Å². The van der Waals surface area contributed by atoms with Crippen LogP contribution in [0.15, 0.2) is 107 Å². The van der Waals surface area contributed by atoms with Crippen molar-refractivity contribution in [2.45, 2.75) is 0 Å². The Balaban J connectivity index is 1.68. The molecule has 0 aliphatic heterocycles. The molecule has 0 heterocycles. The van der Waals surface area contributed by atoms with Crippen LogP contribution >= 0.6 is 0 Å². The number of hydrogen-bond acceptors (Lipinski definition) is 4. The average molecular weight is 418 g/mol. The van der Waals surface area contributed by atoms with Gasteiger partial charge >= 0.3 is 0 Å². The smallest absolute Gasteiger partial charge is 0.119 e. The molecular formula is C28H22N2O2. The van der Waals surface area contributed by atoms with Crippen molar-refractivity contribution >= 4 is 22.8 Å². The van der Waals surface area contributed by atoms with Crippen LogP contribution in [0.5, 0.6) is 11.5 Å². The highest BCUT2D eigenvalue weighted by Crippen LogP contribution is 2.32. The Labute approximate surface area is 187 Å². The molecule has 0 fully saturated rings. The van der Waals surface area contributed by atoms with Gasteiger partial charge in [0.1, 0.15) is 11.5 Å². The fraction of sp³-hybridized carbons (Fsp3) is 0.0714. The third kappa shape index (κ3) is 3.67. The second kappa shape index (κ2) is 8.52. The van der Waals surface area contributed by atoms with Gasteiger partial charge in [-0.05, 0) is 48.5 Å². The fourth-order valence-corrected chi connectivity index (χ4v) is 3.90. The number of hydrogen-bond donors (Lipinski definition) is 0. The average Bonchev–Trinajstić information content (AvgIpc) is 2.86. The molecular weight excluding hydrogens is 396 g/mol. The molecule has 0 aromatic heterocycles. The first kappa shape index (κ1) is 19.8. The molecule has 156 valence electrons. The molecule has 4 nitrogen and oxygen atoms in total. The standard InChI is InChI=1S/C28H22N2O2/c1-31-21-15-11-19(12-16-21)29-27-23-7-3-5-9-25(23)28(26-10-6-4-8-24(26)27)30-20-13-17-22(32-2)18-14-20/h3-18H,1-2H3. The van der Waals surface area contributed by atoms with Crippen molar-refractivity contribution < 1.29 is 9.47 Å². The van der Waals surface area contributed by atoms with Crippen molar-refractivity contribution in [3.8, 4) is 11.5 Å². The van der Waals surface area contributed by atoms with E-state index < -0.39 is 0 Å². The van der Waals surface area contributed by atoms with Crippen LogP contribution in [0.2, 0.25) is 0 Å². The highest BCUT2D eigenvalue weighted by atomic mass is 16.5. The first-order chi connectivity index (χ1) is 15.8. The summed E-state index contributed by atoms with van der Waals surface area (Å²) < 4.78 is 10.6.